The average molecular weight is 280 g/mol. The average Bonchev–Trinajstić information content (AvgIpc) is 3.04. The molecule has 0 atom stereocenters. The minimum absolute atomic E-state index is 0.324. The zero-order valence-corrected chi connectivity index (χ0v) is 11.8. The molecule has 0 radical (unpaired) electrons. The topological polar surface area (TPSA) is 41.9 Å². The van der Waals surface area contributed by atoms with E-state index < -0.39 is 0 Å². The predicted molar refractivity (Wildman–Crippen MR) is 83.0 cm³/mol. The highest BCUT2D eigenvalue weighted by Crippen LogP contribution is 2.21. The number of carbonyl (C=O) groups is 1. The Morgan fingerprint density at radius 3 is 2.48 bits per heavy atom. The van der Waals surface area contributed by atoms with Gasteiger partial charge in [-0.15, -0.1) is 0 Å². The molecule has 0 unspecified atom stereocenters. The van der Waals surface area contributed by atoms with Crippen molar-refractivity contribution in [2.75, 3.05) is 25.1 Å². The fourth-order valence-corrected chi connectivity index (χ4v) is 2.43. The van der Waals surface area contributed by atoms with E-state index >= 15 is 0 Å². The summed E-state index contributed by atoms with van der Waals surface area (Å²) in [6, 6.07) is 17.5. The van der Waals surface area contributed by atoms with E-state index in [2.05, 4.69) is 22.0 Å². The van der Waals surface area contributed by atoms with Crippen LogP contribution in [0, 0.1) is 0 Å². The van der Waals surface area contributed by atoms with Gasteiger partial charge in [-0.2, -0.15) is 0 Å². The fraction of sp³-hybridized carbons (Fsp3) is 0.176. The van der Waals surface area contributed by atoms with Crippen LogP contribution in [0.2, 0.25) is 0 Å². The zero-order chi connectivity index (χ0) is 14.7. The normalized spacial score (nSPS) is 14.0. The number of methoxy groups -OCH3 is 1. The molecule has 4 nitrogen and oxygen atoms in total. The summed E-state index contributed by atoms with van der Waals surface area (Å²) in [4.78, 5) is 18.2. The number of esters is 1. The number of hydrogen-bond acceptors (Lipinski definition) is 4. The molecule has 0 amide bonds. The van der Waals surface area contributed by atoms with E-state index in [0.717, 1.165) is 30.2 Å². The zero-order valence-electron chi connectivity index (χ0n) is 11.8. The van der Waals surface area contributed by atoms with Crippen molar-refractivity contribution in [3.8, 4) is 0 Å². The Labute approximate surface area is 123 Å². The third-order valence-electron chi connectivity index (χ3n) is 3.47. The van der Waals surface area contributed by atoms with Crippen molar-refractivity contribution in [2.24, 2.45) is 4.99 Å². The summed E-state index contributed by atoms with van der Waals surface area (Å²) in [5, 5.41) is 0. The van der Waals surface area contributed by atoms with Gasteiger partial charge in [-0.25, -0.2) is 4.79 Å². The number of aliphatic imine (C=N–C) groups is 1. The van der Waals surface area contributed by atoms with Crippen molar-refractivity contribution in [3.05, 3.63) is 65.7 Å². The van der Waals surface area contributed by atoms with Crippen molar-refractivity contribution in [1.82, 2.24) is 0 Å². The van der Waals surface area contributed by atoms with E-state index in [1.807, 2.05) is 30.3 Å². The molecular weight excluding hydrogens is 264 g/mol. The largest absolute Gasteiger partial charge is 0.465 e. The van der Waals surface area contributed by atoms with Crippen molar-refractivity contribution >= 4 is 17.5 Å². The lowest BCUT2D eigenvalue weighted by Crippen LogP contribution is -2.28. The van der Waals surface area contributed by atoms with Gasteiger partial charge in [-0.05, 0) is 24.3 Å². The summed E-state index contributed by atoms with van der Waals surface area (Å²) in [7, 11) is 1.38. The first-order valence-electron chi connectivity index (χ1n) is 6.85. The Morgan fingerprint density at radius 1 is 1.10 bits per heavy atom. The molecule has 0 saturated carbocycles. The van der Waals surface area contributed by atoms with Crippen molar-refractivity contribution in [1.29, 1.82) is 0 Å². The second kappa shape index (κ2) is 5.79. The van der Waals surface area contributed by atoms with Gasteiger partial charge in [-0.1, -0.05) is 30.3 Å². The molecule has 1 heterocycles. The maximum atomic E-state index is 11.5. The molecule has 0 aliphatic carbocycles. The Hall–Kier alpha value is -2.62. The lowest BCUT2D eigenvalue weighted by Gasteiger charge is -2.20. The van der Waals surface area contributed by atoms with Gasteiger partial charge >= 0.3 is 5.97 Å². The minimum Gasteiger partial charge on any atom is -0.465 e. The van der Waals surface area contributed by atoms with Gasteiger partial charge in [-0.3, -0.25) is 4.99 Å². The minimum atomic E-state index is -0.324. The number of anilines is 1. The van der Waals surface area contributed by atoms with Crippen molar-refractivity contribution in [2.45, 2.75) is 0 Å². The Bertz CT molecular complexity index is 663. The second-order valence-corrected chi connectivity index (χ2v) is 4.76. The van der Waals surface area contributed by atoms with Crippen LogP contribution in [0.3, 0.4) is 0 Å². The summed E-state index contributed by atoms with van der Waals surface area (Å²) in [6.45, 7) is 1.65. The summed E-state index contributed by atoms with van der Waals surface area (Å²) < 4.78 is 4.71. The third-order valence-corrected chi connectivity index (χ3v) is 3.47. The summed E-state index contributed by atoms with van der Waals surface area (Å²) in [6.07, 6.45) is 0. The lowest BCUT2D eigenvalue weighted by molar-refractivity contribution is 0.0600. The molecule has 0 saturated heterocycles. The van der Waals surface area contributed by atoms with Crippen LogP contribution < -0.4 is 4.90 Å². The molecular formula is C17H16N2O2. The number of rotatable bonds is 3. The number of nitrogens with zero attached hydrogens (tertiary/aromatic N) is 2. The van der Waals surface area contributed by atoms with Gasteiger partial charge in [0, 0.05) is 17.8 Å². The molecule has 1 aliphatic rings. The molecule has 0 aromatic heterocycles. The van der Waals surface area contributed by atoms with Crippen LogP contribution in [0.25, 0.3) is 0 Å². The van der Waals surface area contributed by atoms with Gasteiger partial charge in [0.2, 0.25) is 0 Å². The Balaban J connectivity index is 1.87. The van der Waals surface area contributed by atoms with Crippen molar-refractivity contribution in [3.63, 3.8) is 0 Å². The van der Waals surface area contributed by atoms with Crippen LogP contribution in [0.15, 0.2) is 59.6 Å². The highest BCUT2D eigenvalue weighted by molar-refractivity contribution is 6.11. The molecule has 4 heteroatoms. The highest BCUT2D eigenvalue weighted by atomic mass is 16.5. The van der Waals surface area contributed by atoms with E-state index in [9.17, 15) is 4.79 Å². The quantitative estimate of drug-likeness (QED) is 0.812. The molecule has 21 heavy (non-hydrogen) atoms. The van der Waals surface area contributed by atoms with Crippen LogP contribution in [0.5, 0.6) is 0 Å². The first kappa shape index (κ1) is 13.4. The molecule has 2 aromatic carbocycles. The molecule has 0 bridgehead atoms. The van der Waals surface area contributed by atoms with Crippen molar-refractivity contribution < 1.29 is 9.53 Å². The molecule has 0 spiro atoms. The lowest BCUT2D eigenvalue weighted by atomic mass is 10.1. The summed E-state index contributed by atoms with van der Waals surface area (Å²) in [5.74, 6) is 0.618. The standard InChI is InChI=1S/C17H16N2O2/c1-21-17(20)14-9-7-13(8-10-14)16-18-11-12-19(16)15-5-3-2-4-6-15/h2-10H,11-12H2,1H3. The first-order chi connectivity index (χ1) is 10.3. The van der Waals surface area contributed by atoms with Gasteiger partial charge in [0.15, 0.2) is 0 Å². The molecule has 3 rings (SSSR count). The summed E-state index contributed by atoms with van der Waals surface area (Å²) >= 11 is 0. The van der Waals surface area contributed by atoms with Crippen LogP contribution in [0.4, 0.5) is 5.69 Å². The second-order valence-electron chi connectivity index (χ2n) is 4.76. The Morgan fingerprint density at radius 2 is 1.81 bits per heavy atom. The van der Waals surface area contributed by atoms with Gasteiger partial charge in [0.05, 0.1) is 19.2 Å². The number of carbonyl (C=O) groups excluding carboxylic acids is 1. The van der Waals surface area contributed by atoms with E-state index in [1.165, 1.54) is 7.11 Å². The first-order valence-corrected chi connectivity index (χ1v) is 6.85. The van der Waals surface area contributed by atoms with Crippen LogP contribution in [-0.4, -0.2) is 32.0 Å². The number of benzene rings is 2. The monoisotopic (exact) mass is 280 g/mol. The maximum absolute atomic E-state index is 11.5. The Kier molecular flexibility index (Phi) is 3.69. The van der Waals surface area contributed by atoms with Gasteiger partial charge in [0.1, 0.15) is 5.84 Å². The smallest absolute Gasteiger partial charge is 0.337 e. The van der Waals surface area contributed by atoms with E-state index in [0.29, 0.717) is 5.56 Å². The molecule has 106 valence electrons. The van der Waals surface area contributed by atoms with Gasteiger partial charge < -0.3 is 9.64 Å². The third kappa shape index (κ3) is 2.65. The van der Waals surface area contributed by atoms with E-state index in [-0.39, 0.29) is 5.97 Å². The molecule has 2 aromatic rings. The number of para-hydroxylation sites is 1. The highest BCUT2D eigenvalue weighted by Gasteiger charge is 2.20. The number of ether oxygens (including phenoxy) is 1. The van der Waals surface area contributed by atoms with Crippen LogP contribution >= 0.6 is 0 Å². The predicted octanol–water partition coefficient (Wildman–Crippen LogP) is 2.74. The van der Waals surface area contributed by atoms with Crippen LogP contribution in [-0.2, 0) is 4.74 Å². The molecule has 1 aliphatic heterocycles. The SMILES string of the molecule is COC(=O)c1ccc(C2=NCCN2c2ccccc2)cc1. The van der Waals surface area contributed by atoms with Crippen LogP contribution in [0.1, 0.15) is 15.9 Å². The van der Waals surface area contributed by atoms with E-state index in [4.69, 9.17) is 4.74 Å². The molecule has 0 fully saturated rings. The number of hydrogen-bond donors (Lipinski definition) is 0. The molecule has 0 N–H and O–H groups in total. The maximum Gasteiger partial charge on any atom is 0.337 e. The fourth-order valence-electron chi connectivity index (χ4n) is 2.43. The van der Waals surface area contributed by atoms with Gasteiger partial charge in [0.25, 0.3) is 0 Å². The summed E-state index contributed by atoms with van der Waals surface area (Å²) in [5.41, 5.74) is 2.68. The number of amidine groups is 1. The van der Waals surface area contributed by atoms with E-state index in [1.54, 1.807) is 12.1 Å².